The van der Waals surface area contributed by atoms with Crippen LogP contribution in [-0.2, 0) is 24.2 Å². The van der Waals surface area contributed by atoms with Crippen LogP contribution in [0.4, 0.5) is 0 Å². The van der Waals surface area contributed by atoms with Gasteiger partial charge in [-0.2, -0.15) is 0 Å². The van der Waals surface area contributed by atoms with Crippen molar-refractivity contribution in [2.45, 2.75) is 39.7 Å². The van der Waals surface area contributed by atoms with Gasteiger partial charge in [-0.1, -0.05) is 0 Å². The Balaban J connectivity index is 2.36. The van der Waals surface area contributed by atoms with Crippen molar-refractivity contribution in [3.8, 4) is 0 Å². The molecule has 1 aliphatic rings. The first kappa shape index (κ1) is 12.9. The third-order valence-electron chi connectivity index (χ3n) is 4.19. The number of Topliss-reactive ketones (excluding diaryl/α,β-unsaturated/α-hetero) is 1. The van der Waals surface area contributed by atoms with E-state index in [0.29, 0.717) is 5.56 Å². The van der Waals surface area contributed by atoms with E-state index >= 15 is 0 Å². The fourth-order valence-corrected chi connectivity index (χ4v) is 3.24. The van der Waals surface area contributed by atoms with E-state index in [9.17, 15) is 9.59 Å². The Morgan fingerprint density at radius 1 is 1.35 bits per heavy atom. The van der Waals surface area contributed by atoms with Crippen molar-refractivity contribution < 1.29 is 14.7 Å². The smallest absolute Gasteiger partial charge is 0.307 e. The summed E-state index contributed by atoms with van der Waals surface area (Å²) in [5.74, 6) is -0.804. The van der Waals surface area contributed by atoms with E-state index in [1.165, 1.54) is 5.56 Å². The number of carboxylic acid groups (broad SMARTS) is 1. The van der Waals surface area contributed by atoms with E-state index in [0.717, 1.165) is 41.5 Å². The fraction of sp³-hybridized carbons (Fsp3) is 0.375. The van der Waals surface area contributed by atoms with Crippen LogP contribution in [0.15, 0.2) is 12.1 Å². The minimum Gasteiger partial charge on any atom is -0.481 e. The molecule has 2 heterocycles. The zero-order chi connectivity index (χ0) is 14.4. The van der Waals surface area contributed by atoms with Crippen LogP contribution in [0.1, 0.15) is 40.5 Å². The number of benzene rings is 1. The molecule has 1 aromatic carbocycles. The molecule has 0 saturated heterocycles. The summed E-state index contributed by atoms with van der Waals surface area (Å²) < 4.78 is 2.20. The summed E-state index contributed by atoms with van der Waals surface area (Å²) in [7, 11) is 0. The van der Waals surface area contributed by atoms with Crippen LogP contribution in [0.5, 0.6) is 0 Å². The van der Waals surface area contributed by atoms with Gasteiger partial charge in [-0.25, -0.2) is 0 Å². The van der Waals surface area contributed by atoms with Gasteiger partial charge < -0.3 is 9.67 Å². The molecule has 4 heteroatoms. The van der Waals surface area contributed by atoms with Crippen LogP contribution in [-0.4, -0.2) is 21.4 Å². The Bertz CT molecular complexity index is 740. The van der Waals surface area contributed by atoms with Crippen LogP contribution >= 0.6 is 0 Å². The first-order valence-electron chi connectivity index (χ1n) is 6.86. The minimum absolute atomic E-state index is 0.0101. The van der Waals surface area contributed by atoms with Crippen molar-refractivity contribution in [2.75, 3.05) is 0 Å². The maximum atomic E-state index is 11.7. The molecule has 1 N–H and O–H groups in total. The maximum Gasteiger partial charge on any atom is 0.307 e. The molecule has 0 bridgehead atoms. The highest BCUT2D eigenvalue weighted by molar-refractivity contribution is 6.01. The zero-order valence-electron chi connectivity index (χ0n) is 11.7. The highest BCUT2D eigenvalue weighted by atomic mass is 16.4. The van der Waals surface area contributed by atoms with Crippen LogP contribution < -0.4 is 0 Å². The minimum atomic E-state index is -0.832. The molecule has 0 spiro atoms. The van der Waals surface area contributed by atoms with Crippen LogP contribution in [0, 0.1) is 6.92 Å². The molecule has 1 aliphatic heterocycles. The van der Waals surface area contributed by atoms with Crippen LogP contribution in [0.25, 0.3) is 10.9 Å². The molecule has 0 amide bonds. The standard InChI is InChI=1S/C16H17NO3/c1-9-13(8-15(19)20)14-7-12(10(2)18)6-11-4-3-5-17(9)16(11)14/h6-7H,3-5,8H2,1-2H3,(H,19,20). The van der Waals surface area contributed by atoms with Crippen molar-refractivity contribution in [3.63, 3.8) is 0 Å². The van der Waals surface area contributed by atoms with Gasteiger partial charge in [-0.3, -0.25) is 9.59 Å². The molecule has 0 radical (unpaired) electrons. The predicted molar refractivity (Wildman–Crippen MR) is 76.3 cm³/mol. The van der Waals surface area contributed by atoms with Crippen molar-refractivity contribution in [3.05, 3.63) is 34.5 Å². The maximum absolute atomic E-state index is 11.7. The molecule has 0 unspecified atom stereocenters. The van der Waals surface area contributed by atoms with E-state index in [4.69, 9.17) is 5.11 Å². The van der Waals surface area contributed by atoms with E-state index < -0.39 is 5.97 Å². The number of aromatic nitrogens is 1. The number of nitrogens with zero attached hydrogens (tertiary/aromatic N) is 1. The molecule has 1 aromatic heterocycles. The average Bonchev–Trinajstić information content (AvgIpc) is 2.66. The number of rotatable bonds is 3. The number of carbonyl (C=O) groups excluding carboxylic acids is 1. The number of hydrogen-bond acceptors (Lipinski definition) is 2. The molecule has 0 saturated carbocycles. The number of carboxylic acids is 1. The average molecular weight is 271 g/mol. The van der Waals surface area contributed by atoms with Crippen molar-refractivity contribution in [1.29, 1.82) is 0 Å². The topological polar surface area (TPSA) is 59.3 Å². The second kappa shape index (κ2) is 4.47. The van der Waals surface area contributed by atoms with Gasteiger partial charge in [-0.15, -0.1) is 0 Å². The normalized spacial score (nSPS) is 13.7. The van der Waals surface area contributed by atoms with E-state index in [2.05, 4.69) is 4.57 Å². The number of hydrogen-bond donors (Lipinski definition) is 1. The van der Waals surface area contributed by atoms with Gasteiger partial charge in [0.2, 0.25) is 0 Å². The summed E-state index contributed by atoms with van der Waals surface area (Å²) in [6.45, 7) is 4.45. The Labute approximate surface area is 117 Å². The summed E-state index contributed by atoms with van der Waals surface area (Å²) in [5, 5.41) is 10.1. The fourth-order valence-electron chi connectivity index (χ4n) is 3.24. The number of carbonyl (C=O) groups is 2. The van der Waals surface area contributed by atoms with Crippen molar-refractivity contribution in [2.24, 2.45) is 0 Å². The van der Waals surface area contributed by atoms with Crippen molar-refractivity contribution >= 4 is 22.7 Å². The Morgan fingerprint density at radius 3 is 2.75 bits per heavy atom. The lowest BCUT2D eigenvalue weighted by Crippen LogP contribution is -2.09. The van der Waals surface area contributed by atoms with Crippen LogP contribution in [0.2, 0.25) is 0 Å². The van der Waals surface area contributed by atoms with Gasteiger partial charge >= 0.3 is 5.97 Å². The highest BCUT2D eigenvalue weighted by Gasteiger charge is 2.22. The number of aliphatic carboxylic acids is 1. The molecule has 0 atom stereocenters. The van der Waals surface area contributed by atoms with Gasteiger partial charge in [0.05, 0.1) is 11.9 Å². The van der Waals surface area contributed by atoms with Gasteiger partial charge in [0.25, 0.3) is 0 Å². The molecular weight excluding hydrogens is 254 g/mol. The van der Waals surface area contributed by atoms with E-state index in [1.807, 2.05) is 19.1 Å². The second-order valence-electron chi connectivity index (χ2n) is 5.48. The molecule has 2 aromatic rings. The van der Waals surface area contributed by atoms with E-state index in [1.54, 1.807) is 6.92 Å². The quantitative estimate of drug-likeness (QED) is 0.873. The summed E-state index contributed by atoms with van der Waals surface area (Å²) >= 11 is 0. The third-order valence-corrected chi connectivity index (χ3v) is 4.19. The first-order chi connectivity index (χ1) is 9.49. The zero-order valence-corrected chi connectivity index (χ0v) is 11.7. The summed E-state index contributed by atoms with van der Waals surface area (Å²) in [5.41, 5.74) is 4.83. The number of aryl methyl sites for hydroxylation is 2. The van der Waals surface area contributed by atoms with Gasteiger partial charge in [-0.05, 0) is 49.9 Å². The number of ketones is 1. The van der Waals surface area contributed by atoms with Gasteiger partial charge in [0, 0.05) is 23.2 Å². The second-order valence-corrected chi connectivity index (χ2v) is 5.48. The Kier molecular flexibility index (Phi) is 2.89. The lowest BCUT2D eigenvalue weighted by atomic mass is 9.97. The first-order valence-corrected chi connectivity index (χ1v) is 6.86. The SMILES string of the molecule is CC(=O)c1cc2c3c(c1)c(CC(=O)O)c(C)n3CCC2. The van der Waals surface area contributed by atoms with Crippen LogP contribution in [0.3, 0.4) is 0 Å². The molecule has 104 valence electrons. The lowest BCUT2D eigenvalue weighted by molar-refractivity contribution is -0.136. The summed E-state index contributed by atoms with van der Waals surface area (Å²) in [4.78, 5) is 22.8. The molecule has 0 fully saturated rings. The Hall–Kier alpha value is -2.10. The summed E-state index contributed by atoms with van der Waals surface area (Å²) in [6, 6.07) is 3.82. The lowest BCUT2D eigenvalue weighted by Gasteiger charge is -2.17. The largest absolute Gasteiger partial charge is 0.481 e. The molecule has 4 nitrogen and oxygen atoms in total. The van der Waals surface area contributed by atoms with Gasteiger partial charge in [0.1, 0.15) is 0 Å². The summed E-state index contributed by atoms with van der Waals surface area (Å²) in [6.07, 6.45) is 2.00. The van der Waals surface area contributed by atoms with E-state index in [-0.39, 0.29) is 12.2 Å². The van der Waals surface area contributed by atoms with Gasteiger partial charge in [0.15, 0.2) is 5.78 Å². The molecule has 0 aliphatic carbocycles. The highest BCUT2D eigenvalue weighted by Crippen LogP contribution is 2.34. The monoisotopic (exact) mass is 271 g/mol. The van der Waals surface area contributed by atoms with Crippen molar-refractivity contribution in [1.82, 2.24) is 4.57 Å². The third kappa shape index (κ3) is 1.83. The predicted octanol–water partition coefficient (Wildman–Crippen LogP) is 2.73. The molecule has 3 rings (SSSR count). The molecule has 20 heavy (non-hydrogen) atoms. The molecular formula is C16H17NO3. The Morgan fingerprint density at radius 2 is 2.10 bits per heavy atom.